The maximum Gasteiger partial charge on any atom is 0.417 e. The highest BCUT2D eigenvalue weighted by atomic mass is 19.4. The number of aromatic nitrogens is 4. The summed E-state index contributed by atoms with van der Waals surface area (Å²) in [5, 5.41) is 10.3. The molecule has 2 rings (SSSR count). The van der Waals surface area contributed by atoms with Crippen molar-refractivity contribution in [2.24, 2.45) is 0 Å². The summed E-state index contributed by atoms with van der Waals surface area (Å²) in [5.74, 6) is 0.392. The summed E-state index contributed by atoms with van der Waals surface area (Å²) in [6.45, 7) is 1.06. The Hall–Kier alpha value is -2.12. The number of rotatable bonds is 4. The van der Waals surface area contributed by atoms with Gasteiger partial charge in [0.25, 0.3) is 0 Å². The van der Waals surface area contributed by atoms with Crippen molar-refractivity contribution in [1.29, 1.82) is 0 Å². The molecule has 0 radical (unpaired) electrons. The van der Waals surface area contributed by atoms with Gasteiger partial charge in [-0.2, -0.15) is 13.2 Å². The molecular formula is C10H10F3N5. The van der Waals surface area contributed by atoms with Crippen LogP contribution in [0.25, 0.3) is 0 Å². The number of hydrogen-bond acceptors (Lipinski definition) is 4. The molecule has 2 aromatic rings. The van der Waals surface area contributed by atoms with Crippen molar-refractivity contribution in [2.75, 3.05) is 11.9 Å². The quantitative estimate of drug-likeness (QED) is 0.907. The molecule has 0 spiro atoms. The Morgan fingerprint density at radius 3 is 2.67 bits per heavy atom. The molecule has 2 heterocycles. The number of nitrogens with one attached hydrogen (secondary N) is 1. The minimum absolute atomic E-state index is 0.392. The van der Waals surface area contributed by atoms with Gasteiger partial charge in [-0.05, 0) is 12.1 Å². The van der Waals surface area contributed by atoms with Gasteiger partial charge >= 0.3 is 6.18 Å². The van der Waals surface area contributed by atoms with Crippen molar-refractivity contribution in [3.63, 3.8) is 0 Å². The van der Waals surface area contributed by atoms with E-state index >= 15 is 0 Å². The third-order valence-corrected chi connectivity index (χ3v) is 2.21. The molecule has 0 aliphatic rings. The molecule has 2 aromatic heterocycles. The number of halogens is 3. The fraction of sp³-hybridized carbons (Fsp3) is 0.300. The molecule has 0 unspecified atom stereocenters. The molecule has 0 aliphatic heterocycles. The van der Waals surface area contributed by atoms with Crippen molar-refractivity contribution >= 4 is 5.82 Å². The van der Waals surface area contributed by atoms with E-state index in [9.17, 15) is 13.2 Å². The number of nitrogens with zero attached hydrogens (tertiary/aromatic N) is 4. The lowest BCUT2D eigenvalue weighted by molar-refractivity contribution is -0.137. The molecule has 0 atom stereocenters. The Kier molecular flexibility index (Phi) is 3.45. The highest BCUT2D eigenvalue weighted by Crippen LogP contribution is 2.28. The van der Waals surface area contributed by atoms with E-state index < -0.39 is 11.7 Å². The first-order valence-corrected chi connectivity index (χ1v) is 5.17. The molecule has 0 amide bonds. The Morgan fingerprint density at radius 1 is 1.28 bits per heavy atom. The summed E-state index contributed by atoms with van der Waals surface area (Å²) >= 11 is 0. The molecule has 0 aromatic carbocycles. The van der Waals surface area contributed by atoms with E-state index in [4.69, 9.17) is 0 Å². The van der Waals surface area contributed by atoms with Crippen molar-refractivity contribution in [3.05, 3.63) is 36.3 Å². The van der Waals surface area contributed by atoms with E-state index in [-0.39, 0.29) is 0 Å². The van der Waals surface area contributed by atoms with Crippen molar-refractivity contribution in [1.82, 2.24) is 20.0 Å². The molecule has 1 N–H and O–H groups in total. The standard InChI is InChI=1S/C10H10F3N5/c11-10(12,13)8-1-2-9(15-7-8)14-3-5-18-6-4-16-17-18/h1-2,4,6-7H,3,5H2,(H,14,15). The van der Waals surface area contributed by atoms with E-state index in [2.05, 4.69) is 20.6 Å². The lowest BCUT2D eigenvalue weighted by atomic mass is 10.3. The van der Waals surface area contributed by atoms with Gasteiger partial charge in [0.1, 0.15) is 5.82 Å². The summed E-state index contributed by atoms with van der Waals surface area (Å²) in [7, 11) is 0. The SMILES string of the molecule is FC(F)(F)c1ccc(NCCn2ccnn2)nc1. The maximum absolute atomic E-state index is 12.3. The Balaban J connectivity index is 1.87. The Morgan fingerprint density at radius 2 is 2.11 bits per heavy atom. The molecule has 0 aliphatic carbocycles. The molecule has 18 heavy (non-hydrogen) atoms. The van der Waals surface area contributed by atoms with Crippen LogP contribution in [0.4, 0.5) is 19.0 Å². The molecule has 5 nitrogen and oxygen atoms in total. The molecule has 0 fully saturated rings. The van der Waals surface area contributed by atoms with Gasteiger partial charge in [0.2, 0.25) is 0 Å². The lowest BCUT2D eigenvalue weighted by Gasteiger charge is -2.08. The van der Waals surface area contributed by atoms with Gasteiger partial charge in [0.05, 0.1) is 18.3 Å². The van der Waals surface area contributed by atoms with Crippen LogP contribution in [0.5, 0.6) is 0 Å². The van der Waals surface area contributed by atoms with Crippen LogP contribution in [0.1, 0.15) is 5.56 Å². The summed E-state index contributed by atoms with van der Waals surface area (Å²) in [4.78, 5) is 3.69. The van der Waals surface area contributed by atoms with Crippen LogP contribution in [0.3, 0.4) is 0 Å². The van der Waals surface area contributed by atoms with Gasteiger partial charge < -0.3 is 5.32 Å². The van der Waals surface area contributed by atoms with Crippen LogP contribution in [0.15, 0.2) is 30.7 Å². The fourth-order valence-electron chi connectivity index (χ4n) is 1.32. The van der Waals surface area contributed by atoms with E-state index in [0.717, 1.165) is 12.3 Å². The lowest BCUT2D eigenvalue weighted by Crippen LogP contribution is -2.12. The normalized spacial score (nSPS) is 11.5. The summed E-state index contributed by atoms with van der Waals surface area (Å²) < 4.78 is 38.4. The molecular weight excluding hydrogens is 247 g/mol. The Bertz CT molecular complexity index is 477. The zero-order valence-electron chi connectivity index (χ0n) is 9.22. The molecule has 96 valence electrons. The Labute approximate surface area is 101 Å². The van der Waals surface area contributed by atoms with Gasteiger partial charge in [0.15, 0.2) is 0 Å². The van der Waals surface area contributed by atoms with E-state index in [1.807, 2.05) is 0 Å². The maximum atomic E-state index is 12.3. The first-order valence-electron chi connectivity index (χ1n) is 5.17. The molecule has 8 heteroatoms. The van der Waals surface area contributed by atoms with Crippen LogP contribution in [-0.2, 0) is 12.7 Å². The van der Waals surface area contributed by atoms with E-state index in [1.54, 1.807) is 17.1 Å². The second kappa shape index (κ2) is 5.03. The summed E-state index contributed by atoms with van der Waals surface area (Å²) in [6, 6.07) is 2.29. The summed E-state index contributed by atoms with van der Waals surface area (Å²) in [5.41, 5.74) is -0.760. The van der Waals surface area contributed by atoms with Gasteiger partial charge in [0, 0.05) is 18.9 Å². The van der Waals surface area contributed by atoms with Crippen molar-refractivity contribution in [3.8, 4) is 0 Å². The van der Waals surface area contributed by atoms with Gasteiger partial charge in [-0.25, -0.2) is 4.98 Å². The smallest absolute Gasteiger partial charge is 0.368 e. The van der Waals surface area contributed by atoms with Gasteiger partial charge in [-0.15, -0.1) is 5.10 Å². The highest BCUT2D eigenvalue weighted by Gasteiger charge is 2.30. The van der Waals surface area contributed by atoms with Crippen molar-refractivity contribution < 1.29 is 13.2 Å². The number of alkyl halides is 3. The minimum Gasteiger partial charge on any atom is -0.368 e. The largest absolute Gasteiger partial charge is 0.417 e. The monoisotopic (exact) mass is 257 g/mol. The number of hydrogen-bond donors (Lipinski definition) is 1. The minimum atomic E-state index is -4.35. The number of anilines is 1. The second-order valence-electron chi connectivity index (χ2n) is 3.52. The highest BCUT2D eigenvalue weighted by molar-refractivity contribution is 5.35. The predicted molar refractivity (Wildman–Crippen MR) is 57.8 cm³/mol. The van der Waals surface area contributed by atoms with Crippen LogP contribution in [-0.4, -0.2) is 26.5 Å². The average Bonchev–Trinajstić information content (AvgIpc) is 2.82. The zero-order chi connectivity index (χ0) is 13.0. The topological polar surface area (TPSA) is 55.6 Å². The van der Waals surface area contributed by atoms with E-state index in [1.165, 1.54) is 6.07 Å². The molecule has 0 saturated heterocycles. The van der Waals surface area contributed by atoms with Crippen molar-refractivity contribution in [2.45, 2.75) is 12.7 Å². The third-order valence-electron chi connectivity index (χ3n) is 2.21. The first-order chi connectivity index (χ1) is 8.55. The van der Waals surface area contributed by atoms with Crippen LogP contribution in [0.2, 0.25) is 0 Å². The summed E-state index contributed by atoms with van der Waals surface area (Å²) in [6.07, 6.45) is -0.303. The fourth-order valence-corrected chi connectivity index (χ4v) is 1.32. The zero-order valence-corrected chi connectivity index (χ0v) is 9.22. The predicted octanol–water partition coefficient (Wildman–Crippen LogP) is 1.80. The van der Waals surface area contributed by atoms with Gasteiger partial charge in [-0.3, -0.25) is 4.68 Å². The van der Waals surface area contributed by atoms with Crippen LogP contribution < -0.4 is 5.32 Å². The third kappa shape index (κ3) is 3.19. The number of pyridine rings is 1. The van der Waals surface area contributed by atoms with Gasteiger partial charge in [-0.1, -0.05) is 5.21 Å². The van der Waals surface area contributed by atoms with Crippen LogP contribution >= 0.6 is 0 Å². The van der Waals surface area contributed by atoms with E-state index in [0.29, 0.717) is 18.9 Å². The molecule has 0 bridgehead atoms. The first kappa shape index (κ1) is 12.3. The molecule has 0 saturated carbocycles. The van der Waals surface area contributed by atoms with Crippen LogP contribution in [0, 0.1) is 0 Å². The average molecular weight is 257 g/mol. The second-order valence-corrected chi connectivity index (χ2v) is 3.52.